The first kappa shape index (κ1) is 24.0. The molecule has 3 rings (SSSR count). The zero-order valence-electron chi connectivity index (χ0n) is 17.1. The minimum atomic E-state index is -4.71. The van der Waals surface area contributed by atoms with Crippen molar-refractivity contribution in [1.82, 2.24) is 0 Å². The lowest BCUT2D eigenvalue weighted by atomic mass is 10.1. The molecule has 4 nitrogen and oxygen atoms in total. The Bertz CT molecular complexity index is 1060. The normalized spacial score (nSPS) is 19.9. The summed E-state index contributed by atoms with van der Waals surface area (Å²) in [5.74, 6) is -1.46. The molecule has 0 saturated heterocycles. The molecule has 1 aliphatic carbocycles. The van der Waals surface area contributed by atoms with E-state index in [0.717, 1.165) is 0 Å². The molecule has 32 heavy (non-hydrogen) atoms. The summed E-state index contributed by atoms with van der Waals surface area (Å²) in [6, 6.07) is 14.4. The van der Waals surface area contributed by atoms with Gasteiger partial charge in [0.2, 0.25) is 6.10 Å². The molecule has 1 fully saturated rings. The van der Waals surface area contributed by atoms with E-state index in [4.69, 9.17) is 27.9 Å². The van der Waals surface area contributed by atoms with E-state index in [1.165, 1.54) is 54.6 Å². The number of allylic oxidation sites excluding steroid dienone is 1. The largest absolute Gasteiger partial charge is 0.489 e. The number of anilines is 2. The Labute approximate surface area is 193 Å². The van der Waals surface area contributed by atoms with Crippen molar-refractivity contribution >= 4 is 40.5 Å². The first-order valence-electron chi connectivity index (χ1n) is 9.61. The number of para-hydroxylation sites is 1. The molecule has 0 amide bonds. The van der Waals surface area contributed by atoms with E-state index in [1.807, 2.05) is 19.9 Å². The van der Waals surface area contributed by atoms with Crippen molar-refractivity contribution in [3.63, 3.8) is 0 Å². The van der Waals surface area contributed by atoms with E-state index >= 15 is 0 Å². The summed E-state index contributed by atoms with van der Waals surface area (Å²) < 4.78 is 46.8. The highest BCUT2D eigenvalue weighted by Crippen LogP contribution is 2.60. The summed E-state index contributed by atoms with van der Waals surface area (Å²) >= 11 is 11.4. The second-order valence-corrected chi connectivity index (χ2v) is 8.97. The Morgan fingerprint density at radius 1 is 1.16 bits per heavy atom. The first-order valence-corrected chi connectivity index (χ1v) is 10.4. The molecule has 168 valence electrons. The van der Waals surface area contributed by atoms with Crippen LogP contribution >= 0.6 is 23.2 Å². The number of nitrogens with zero attached hydrogens (tertiary/aromatic N) is 2. The number of halogens is 5. The smallest absolute Gasteiger partial charge is 0.442 e. The van der Waals surface area contributed by atoms with Crippen molar-refractivity contribution in [2.45, 2.75) is 26.3 Å². The molecule has 2 aromatic carbocycles. The number of carbonyl (C=O) groups is 1. The molecule has 1 saturated carbocycles. The average molecular weight is 483 g/mol. The van der Waals surface area contributed by atoms with Crippen molar-refractivity contribution in [1.29, 1.82) is 5.26 Å². The zero-order valence-corrected chi connectivity index (χ0v) is 18.6. The summed E-state index contributed by atoms with van der Waals surface area (Å²) in [6.45, 7) is 3.67. The van der Waals surface area contributed by atoms with Crippen molar-refractivity contribution in [3.05, 3.63) is 70.7 Å². The van der Waals surface area contributed by atoms with Gasteiger partial charge in [-0.15, -0.1) is 13.2 Å². The van der Waals surface area contributed by atoms with Gasteiger partial charge < -0.3 is 4.74 Å². The summed E-state index contributed by atoms with van der Waals surface area (Å²) in [5.41, 5.74) is -0.632. The van der Waals surface area contributed by atoms with Crippen LogP contribution in [-0.4, -0.2) is 12.3 Å². The van der Waals surface area contributed by atoms with Crippen LogP contribution in [0.3, 0.4) is 0 Å². The molecule has 3 unspecified atom stereocenters. The van der Waals surface area contributed by atoms with Crippen LogP contribution in [0.1, 0.15) is 25.5 Å². The van der Waals surface area contributed by atoms with Gasteiger partial charge in [0, 0.05) is 16.9 Å². The van der Waals surface area contributed by atoms with E-state index in [2.05, 4.69) is 0 Å². The third kappa shape index (κ3) is 5.03. The van der Waals surface area contributed by atoms with Gasteiger partial charge in [-0.05, 0) is 41.7 Å². The van der Waals surface area contributed by atoms with Gasteiger partial charge >= 0.3 is 12.3 Å². The number of rotatable bonds is 6. The van der Waals surface area contributed by atoms with Crippen molar-refractivity contribution in [3.8, 4) is 6.07 Å². The Balaban J connectivity index is 1.87. The minimum absolute atomic E-state index is 0.0241. The lowest BCUT2D eigenvalue weighted by Crippen LogP contribution is -2.33. The summed E-state index contributed by atoms with van der Waals surface area (Å²) in [7, 11) is 0. The standard InChI is InChI=1S/C23H19Cl2F3N2O2/c1-22(2)17(12-19(24)25)20(22)21(31)32-18(13-29)14-7-6-10-16(11-14)30(23(26,27)28)15-8-4-3-5-9-15/h3-12,17-18,20H,1-2H3. The molecular weight excluding hydrogens is 464 g/mol. The molecule has 0 aromatic heterocycles. The highest BCUT2D eigenvalue weighted by atomic mass is 35.5. The average Bonchev–Trinajstić information content (AvgIpc) is 3.25. The van der Waals surface area contributed by atoms with Gasteiger partial charge in [0.25, 0.3) is 0 Å². The van der Waals surface area contributed by atoms with Gasteiger partial charge in [-0.25, -0.2) is 0 Å². The fourth-order valence-electron chi connectivity index (χ4n) is 3.78. The molecule has 0 radical (unpaired) electrons. The lowest BCUT2D eigenvalue weighted by molar-refractivity contribution is -0.149. The summed E-state index contributed by atoms with van der Waals surface area (Å²) in [4.78, 5) is 12.9. The van der Waals surface area contributed by atoms with Crippen LogP contribution < -0.4 is 4.90 Å². The maximum atomic E-state index is 13.8. The molecule has 1 aliphatic rings. The predicted octanol–water partition coefficient (Wildman–Crippen LogP) is 7.04. The zero-order chi connectivity index (χ0) is 23.7. The summed E-state index contributed by atoms with van der Waals surface area (Å²) in [5, 5.41) is 9.56. The number of benzene rings is 2. The quantitative estimate of drug-likeness (QED) is 0.327. The lowest BCUT2D eigenvalue weighted by Gasteiger charge is -2.27. The molecule has 2 aromatic rings. The van der Waals surface area contributed by atoms with Gasteiger partial charge in [-0.2, -0.15) is 5.26 Å². The van der Waals surface area contributed by atoms with Gasteiger partial charge in [0.05, 0.1) is 5.92 Å². The predicted molar refractivity (Wildman–Crippen MR) is 116 cm³/mol. The van der Waals surface area contributed by atoms with Gasteiger partial charge in [0.1, 0.15) is 10.6 Å². The number of carbonyl (C=O) groups excluding carboxylic acids is 1. The number of ether oxygens (including phenoxy) is 1. The molecule has 9 heteroatoms. The van der Waals surface area contributed by atoms with E-state index in [0.29, 0.717) is 0 Å². The number of esters is 1. The minimum Gasteiger partial charge on any atom is -0.442 e. The number of alkyl halides is 3. The van der Waals surface area contributed by atoms with Crippen molar-refractivity contribution < 1.29 is 22.7 Å². The Morgan fingerprint density at radius 3 is 2.34 bits per heavy atom. The fraction of sp³-hybridized carbons (Fsp3) is 0.304. The van der Waals surface area contributed by atoms with E-state index in [1.54, 1.807) is 6.07 Å². The molecule has 0 spiro atoms. The van der Waals surface area contributed by atoms with Gasteiger partial charge in [-0.3, -0.25) is 9.69 Å². The van der Waals surface area contributed by atoms with E-state index < -0.39 is 29.7 Å². The number of nitriles is 1. The third-order valence-corrected chi connectivity index (χ3v) is 5.77. The molecule has 3 atom stereocenters. The second-order valence-electron chi connectivity index (χ2n) is 7.96. The van der Waals surface area contributed by atoms with Gasteiger partial charge in [0.15, 0.2) is 0 Å². The van der Waals surface area contributed by atoms with Crippen LogP contribution in [0, 0.1) is 28.6 Å². The van der Waals surface area contributed by atoms with Crippen molar-refractivity contribution in [2.75, 3.05) is 4.90 Å². The monoisotopic (exact) mass is 482 g/mol. The van der Waals surface area contributed by atoms with Crippen molar-refractivity contribution in [2.24, 2.45) is 17.3 Å². The Hall–Kier alpha value is -2.69. The SMILES string of the molecule is CC1(C)C(C=C(Cl)Cl)C1C(=O)OC(C#N)c1cccc(N(c2ccccc2)C(F)(F)F)c1. The summed E-state index contributed by atoms with van der Waals surface area (Å²) in [6.07, 6.45) is -4.55. The van der Waals surface area contributed by atoms with E-state index in [9.17, 15) is 23.2 Å². The molecule has 0 bridgehead atoms. The first-order chi connectivity index (χ1) is 15.0. The van der Waals surface area contributed by atoms with Crippen LogP contribution in [-0.2, 0) is 9.53 Å². The highest BCUT2D eigenvalue weighted by Gasteiger charge is 2.62. The molecule has 0 aliphatic heterocycles. The maximum Gasteiger partial charge on any atom is 0.489 e. The topological polar surface area (TPSA) is 53.3 Å². The Morgan fingerprint density at radius 2 is 1.78 bits per heavy atom. The van der Waals surface area contributed by atoms with Crippen LogP contribution in [0.5, 0.6) is 0 Å². The van der Waals surface area contributed by atoms with Gasteiger partial charge in [-0.1, -0.05) is 67.4 Å². The molecule has 0 heterocycles. The van der Waals surface area contributed by atoms with Crippen LogP contribution in [0.25, 0.3) is 0 Å². The van der Waals surface area contributed by atoms with Crippen LogP contribution in [0.15, 0.2) is 65.2 Å². The Kier molecular flexibility index (Phi) is 6.77. The highest BCUT2D eigenvalue weighted by molar-refractivity contribution is 6.55. The third-order valence-electron chi connectivity index (χ3n) is 5.52. The van der Waals surface area contributed by atoms with Crippen LogP contribution in [0.2, 0.25) is 0 Å². The molecule has 0 N–H and O–H groups in total. The van der Waals surface area contributed by atoms with Crippen LogP contribution in [0.4, 0.5) is 24.5 Å². The molecular formula is C23H19Cl2F3N2O2. The second kappa shape index (κ2) is 9.05. The fourth-order valence-corrected chi connectivity index (χ4v) is 4.05. The maximum absolute atomic E-state index is 13.8. The number of hydrogen-bond donors (Lipinski definition) is 0. The van der Waals surface area contributed by atoms with E-state index in [-0.39, 0.29) is 32.2 Å². The number of hydrogen-bond acceptors (Lipinski definition) is 4.